The minimum absolute atomic E-state index is 0.107. The number of fused-ring (bicyclic) bond motifs is 1. The molecule has 8 heteroatoms. The molecule has 0 aliphatic heterocycles. The van der Waals surface area contributed by atoms with Crippen molar-refractivity contribution < 1.29 is 14.3 Å². The standard InChI is InChI=1S/C28H25N5O3/c34-27(31-26-15-16-33(32-26)22-11-5-2-6-12-22)25(17-21-18-29-24-14-8-7-13-23(21)24)30-28(35)36-19-20-9-3-1-4-10-20/h1-16,18,25,29H,17,19H2,(H,30,35)(H,31,32,34)/t25-/m0/s1. The molecule has 0 aliphatic carbocycles. The highest BCUT2D eigenvalue weighted by atomic mass is 16.5. The minimum Gasteiger partial charge on any atom is -0.445 e. The van der Waals surface area contributed by atoms with Gasteiger partial charge in [-0.2, -0.15) is 5.10 Å². The number of alkyl carbamates (subject to hydrolysis) is 1. The van der Waals surface area contributed by atoms with Gasteiger partial charge in [-0.25, -0.2) is 9.48 Å². The molecule has 2 aromatic heterocycles. The summed E-state index contributed by atoms with van der Waals surface area (Å²) in [6, 6.07) is 27.6. The predicted molar refractivity (Wildman–Crippen MR) is 138 cm³/mol. The van der Waals surface area contributed by atoms with Crippen molar-refractivity contribution in [1.82, 2.24) is 20.1 Å². The van der Waals surface area contributed by atoms with E-state index in [2.05, 4.69) is 20.7 Å². The summed E-state index contributed by atoms with van der Waals surface area (Å²) in [6.45, 7) is 0.107. The topological polar surface area (TPSA) is 101 Å². The summed E-state index contributed by atoms with van der Waals surface area (Å²) in [5, 5.41) is 11.0. The summed E-state index contributed by atoms with van der Waals surface area (Å²) >= 11 is 0. The molecule has 0 saturated heterocycles. The largest absolute Gasteiger partial charge is 0.445 e. The lowest BCUT2D eigenvalue weighted by Gasteiger charge is -2.18. The van der Waals surface area contributed by atoms with Crippen molar-refractivity contribution in [3.05, 3.63) is 115 Å². The highest BCUT2D eigenvalue weighted by Gasteiger charge is 2.24. The summed E-state index contributed by atoms with van der Waals surface area (Å²) in [5.74, 6) is -0.0116. The molecule has 5 aromatic rings. The number of anilines is 1. The molecule has 0 spiro atoms. The number of carbonyl (C=O) groups is 2. The van der Waals surface area contributed by atoms with Gasteiger partial charge in [0.05, 0.1) is 5.69 Å². The van der Waals surface area contributed by atoms with Gasteiger partial charge < -0.3 is 20.4 Å². The Hall–Kier alpha value is -4.85. The van der Waals surface area contributed by atoms with Crippen LogP contribution in [0.15, 0.2) is 103 Å². The molecule has 5 rings (SSSR count). The van der Waals surface area contributed by atoms with Crippen LogP contribution in [0.2, 0.25) is 0 Å². The maximum absolute atomic E-state index is 13.3. The molecule has 0 saturated carbocycles. The van der Waals surface area contributed by atoms with Gasteiger partial charge in [0.25, 0.3) is 0 Å². The van der Waals surface area contributed by atoms with E-state index in [1.54, 1.807) is 16.9 Å². The maximum Gasteiger partial charge on any atom is 0.408 e. The zero-order valence-electron chi connectivity index (χ0n) is 19.4. The van der Waals surface area contributed by atoms with Gasteiger partial charge in [-0.3, -0.25) is 4.79 Å². The second kappa shape index (κ2) is 10.6. The Morgan fingerprint density at radius 1 is 0.917 bits per heavy atom. The summed E-state index contributed by atoms with van der Waals surface area (Å²) < 4.78 is 7.04. The fraction of sp³-hybridized carbons (Fsp3) is 0.107. The van der Waals surface area contributed by atoms with Crippen LogP contribution in [0.4, 0.5) is 10.6 Å². The number of ether oxygens (including phenoxy) is 1. The molecule has 3 aromatic carbocycles. The molecule has 3 N–H and O–H groups in total. The summed E-state index contributed by atoms with van der Waals surface area (Å²) in [4.78, 5) is 29.1. The number of amides is 2. The maximum atomic E-state index is 13.3. The molecule has 0 aliphatic rings. The monoisotopic (exact) mass is 479 g/mol. The number of benzene rings is 3. The number of nitrogens with one attached hydrogen (secondary N) is 3. The molecule has 1 atom stereocenters. The Bertz CT molecular complexity index is 1460. The fourth-order valence-electron chi connectivity index (χ4n) is 3.97. The Kier molecular flexibility index (Phi) is 6.75. The van der Waals surface area contributed by atoms with E-state index in [9.17, 15) is 9.59 Å². The van der Waals surface area contributed by atoms with E-state index in [4.69, 9.17) is 4.74 Å². The van der Waals surface area contributed by atoms with Gasteiger partial charge in [0, 0.05) is 35.8 Å². The number of carbonyl (C=O) groups excluding carboxylic acids is 2. The summed E-state index contributed by atoms with van der Waals surface area (Å²) in [7, 11) is 0. The SMILES string of the molecule is O=C(N[C@@H](Cc1c[nH]c2ccccc12)C(=O)Nc1ccn(-c2ccccc2)n1)OCc1ccccc1. The fourth-order valence-corrected chi connectivity index (χ4v) is 3.97. The van der Waals surface area contributed by atoms with E-state index in [1.807, 2.05) is 91.1 Å². The lowest BCUT2D eigenvalue weighted by Crippen LogP contribution is -2.45. The zero-order chi connectivity index (χ0) is 24.7. The van der Waals surface area contributed by atoms with Gasteiger partial charge in [-0.05, 0) is 29.3 Å². The van der Waals surface area contributed by atoms with Crippen LogP contribution >= 0.6 is 0 Å². The molecule has 0 radical (unpaired) electrons. The van der Waals surface area contributed by atoms with Crippen LogP contribution in [-0.4, -0.2) is 32.8 Å². The zero-order valence-corrected chi connectivity index (χ0v) is 19.4. The van der Waals surface area contributed by atoms with E-state index in [0.717, 1.165) is 27.7 Å². The molecule has 180 valence electrons. The lowest BCUT2D eigenvalue weighted by atomic mass is 10.0. The van der Waals surface area contributed by atoms with Crippen molar-refractivity contribution in [1.29, 1.82) is 0 Å². The number of nitrogens with zero attached hydrogens (tertiary/aromatic N) is 2. The normalized spacial score (nSPS) is 11.7. The number of para-hydroxylation sites is 2. The van der Waals surface area contributed by atoms with Crippen LogP contribution in [0.25, 0.3) is 16.6 Å². The first-order chi connectivity index (χ1) is 17.7. The number of H-pyrrole nitrogens is 1. The Morgan fingerprint density at radius 2 is 1.64 bits per heavy atom. The van der Waals surface area contributed by atoms with Gasteiger partial charge in [0.2, 0.25) is 5.91 Å². The highest BCUT2D eigenvalue weighted by molar-refractivity contribution is 5.96. The summed E-state index contributed by atoms with van der Waals surface area (Å²) in [5.41, 5.74) is 3.59. The van der Waals surface area contributed by atoms with Crippen LogP contribution in [0.3, 0.4) is 0 Å². The third-order valence-electron chi connectivity index (χ3n) is 5.78. The van der Waals surface area contributed by atoms with Gasteiger partial charge in [-0.1, -0.05) is 66.7 Å². The minimum atomic E-state index is -0.880. The van der Waals surface area contributed by atoms with Crippen molar-refractivity contribution in [2.45, 2.75) is 19.1 Å². The predicted octanol–water partition coefficient (Wildman–Crippen LogP) is 4.83. The van der Waals surface area contributed by atoms with Crippen molar-refractivity contribution >= 4 is 28.7 Å². The molecule has 8 nitrogen and oxygen atoms in total. The smallest absolute Gasteiger partial charge is 0.408 e. The number of aromatic nitrogens is 3. The molecule has 0 fully saturated rings. The first kappa shape index (κ1) is 22.9. The second-order valence-electron chi connectivity index (χ2n) is 8.29. The third-order valence-corrected chi connectivity index (χ3v) is 5.78. The lowest BCUT2D eigenvalue weighted by molar-refractivity contribution is -0.118. The van der Waals surface area contributed by atoms with Crippen LogP contribution in [0, 0.1) is 0 Å². The van der Waals surface area contributed by atoms with Gasteiger partial charge in [0.15, 0.2) is 5.82 Å². The number of aromatic amines is 1. The van der Waals surface area contributed by atoms with Crippen molar-refractivity contribution in [2.24, 2.45) is 0 Å². The van der Waals surface area contributed by atoms with E-state index >= 15 is 0 Å². The molecule has 2 heterocycles. The van der Waals surface area contributed by atoms with Crippen LogP contribution in [0.5, 0.6) is 0 Å². The van der Waals surface area contributed by atoms with Crippen LogP contribution in [-0.2, 0) is 22.6 Å². The van der Waals surface area contributed by atoms with Crippen molar-refractivity contribution in [3.63, 3.8) is 0 Å². The first-order valence-electron chi connectivity index (χ1n) is 11.6. The second-order valence-corrected chi connectivity index (χ2v) is 8.29. The first-order valence-corrected chi connectivity index (χ1v) is 11.6. The summed E-state index contributed by atoms with van der Waals surface area (Å²) in [6.07, 6.45) is 3.22. The van der Waals surface area contributed by atoms with Gasteiger partial charge in [-0.15, -0.1) is 0 Å². The van der Waals surface area contributed by atoms with E-state index in [1.165, 1.54) is 0 Å². The van der Waals surface area contributed by atoms with Crippen molar-refractivity contribution in [3.8, 4) is 5.69 Å². The molecular formula is C28H25N5O3. The Morgan fingerprint density at radius 3 is 2.44 bits per heavy atom. The average molecular weight is 480 g/mol. The number of hydrogen-bond acceptors (Lipinski definition) is 4. The van der Waals surface area contributed by atoms with Gasteiger partial charge in [0.1, 0.15) is 12.6 Å². The van der Waals surface area contributed by atoms with E-state index < -0.39 is 18.0 Å². The average Bonchev–Trinajstić information content (AvgIpc) is 3.55. The quantitative estimate of drug-likeness (QED) is 0.297. The molecule has 0 unspecified atom stereocenters. The van der Waals surface area contributed by atoms with Crippen molar-refractivity contribution in [2.75, 3.05) is 5.32 Å². The van der Waals surface area contributed by atoms with Crippen LogP contribution < -0.4 is 10.6 Å². The molecular weight excluding hydrogens is 454 g/mol. The Labute approximate surface area is 207 Å². The highest BCUT2D eigenvalue weighted by Crippen LogP contribution is 2.20. The third kappa shape index (κ3) is 5.44. The van der Waals surface area contributed by atoms with E-state index in [0.29, 0.717) is 5.82 Å². The Balaban J connectivity index is 1.31. The van der Waals surface area contributed by atoms with Gasteiger partial charge >= 0.3 is 6.09 Å². The number of hydrogen-bond donors (Lipinski definition) is 3. The molecule has 2 amide bonds. The molecule has 0 bridgehead atoms. The van der Waals surface area contributed by atoms with Crippen LogP contribution in [0.1, 0.15) is 11.1 Å². The molecule has 36 heavy (non-hydrogen) atoms. The van der Waals surface area contributed by atoms with E-state index in [-0.39, 0.29) is 13.0 Å². The number of rotatable bonds is 8.